The van der Waals surface area contributed by atoms with Gasteiger partial charge in [0.15, 0.2) is 0 Å². The van der Waals surface area contributed by atoms with Crippen LogP contribution in [0.4, 0.5) is 5.95 Å². The number of anilines is 1. The SMILES string of the molecule is CC[C@@H]1CN(C(=O)c2cc(C)nc(N)n2)CCC(=O)N1Cc1ccccc1. The number of nitrogens with two attached hydrogens (primary N) is 1. The summed E-state index contributed by atoms with van der Waals surface area (Å²) in [5.41, 5.74) is 7.70. The lowest BCUT2D eigenvalue weighted by Gasteiger charge is -2.31. The molecular formula is C20H25N5O2. The van der Waals surface area contributed by atoms with Crippen LogP contribution in [-0.2, 0) is 11.3 Å². The Morgan fingerprint density at radius 3 is 2.67 bits per heavy atom. The van der Waals surface area contributed by atoms with Crippen LogP contribution in [0.25, 0.3) is 0 Å². The van der Waals surface area contributed by atoms with Crippen LogP contribution in [-0.4, -0.2) is 50.7 Å². The molecule has 1 aliphatic rings. The van der Waals surface area contributed by atoms with Crippen LogP contribution in [0.3, 0.4) is 0 Å². The summed E-state index contributed by atoms with van der Waals surface area (Å²) in [4.78, 5) is 37.4. The Hall–Kier alpha value is -2.96. The van der Waals surface area contributed by atoms with Gasteiger partial charge in [0.1, 0.15) is 5.69 Å². The second-order valence-electron chi connectivity index (χ2n) is 6.82. The first-order valence-corrected chi connectivity index (χ1v) is 9.21. The van der Waals surface area contributed by atoms with Crippen LogP contribution in [0.15, 0.2) is 36.4 Å². The molecule has 2 N–H and O–H groups in total. The summed E-state index contributed by atoms with van der Waals surface area (Å²) in [5.74, 6) is -0.0543. The Labute approximate surface area is 159 Å². The molecule has 0 unspecified atom stereocenters. The van der Waals surface area contributed by atoms with Gasteiger partial charge in [-0.25, -0.2) is 9.97 Å². The highest BCUT2D eigenvalue weighted by Crippen LogP contribution is 2.19. The van der Waals surface area contributed by atoms with Gasteiger partial charge in [0.05, 0.1) is 0 Å². The summed E-state index contributed by atoms with van der Waals surface area (Å²) < 4.78 is 0. The molecule has 1 aromatic heterocycles. The zero-order chi connectivity index (χ0) is 19.4. The lowest BCUT2D eigenvalue weighted by molar-refractivity contribution is -0.133. The number of carbonyl (C=O) groups excluding carboxylic acids is 2. The fourth-order valence-electron chi connectivity index (χ4n) is 3.42. The Balaban J connectivity index is 1.80. The first-order valence-electron chi connectivity index (χ1n) is 9.21. The number of carbonyl (C=O) groups is 2. The Bertz CT molecular complexity index is 804. The summed E-state index contributed by atoms with van der Waals surface area (Å²) in [6.07, 6.45) is 1.07. The molecule has 7 nitrogen and oxygen atoms in total. The van der Waals surface area contributed by atoms with Crippen molar-refractivity contribution < 1.29 is 9.59 Å². The number of hydrogen-bond acceptors (Lipinski definition) is 5. The third-order valence-corrected chi connectivity index (χ3v) is 4.83. The molecule has 142 valence electrons. The molecule has 1 atom stereocenters. The molecule has 7 heteroatoms. The molecule has 3 rings (SSSR count). The lowest BCUT2D eigenvalue weighted by Crippen LogP contribution is -2.44. The first kappa shape index (κ1) is 18.8. The number of benzene rings is 1. The number of aromatic nitrogens is 2. The van der Waals surface area contributed by atoms with Crippen molar-refractivity contribution in [3.63, 3.8) is 0 Å². The molecule has 0 bridgehead atoms. The average Bonchev–Trinajstić information content (AvgIpc) is 2.81. The first-order chi connectivity index (χ1) is 13.0. The average molecular weight is 367 g/mol. The van der Waals surface area contributed by atoms with Crippen molar-refractivity contribution in [2.75, 3.05) is 18.8 Å². The highest BCUT2D eigenvalue weighted by atomic mass is 16.2. The second-order valence-corrected chi connectivity index (χ2v) is 6.82. The maximum absolute atomic E-state index is 12.9. The summed E-state index contributed by atoms with van der Waals surface area (Å²) in [7, 11) is 0. The van der Waals surface area contributed by atoms with Gasteiger partial charge in [0, 0.05) is 37.8 Å². The molecule has 1 saturated heterocycles. The second kappa shape index (κ2) is 8.16. The van der Waals surface area contributed by atoms with Gasteiger partial charge in [-0.1, -0.05) is 37.3 Å². The largest absolute Gasteiger partial charge is 0.368 e. The van der Waals surface area contributed by atoms with Gasteiger partial charge in [-0.2, -0.15) is 0 Å². The number of aryl methyl sites for hydroxylation is 1. The lowest BCUT2D eigenvalue weighted by atomic mass is 10.1. The highest BCUT2D eigenvalue weighted by molar-refractivity contribution is 5.93. The topological polar surface area (TPSA) is 92.4 Å². The van der Waals surface area contributed by atoms with Crippen molar-refractivity contribution in [3.8, 4) is 0 Å². The number of rotatable bonds is 4. The summed E-state index contributed by atoms with van der Waals surface area (Å²) in [6.45, 7) is 5.23. The minimum Gasteiger partial charge on any atom is -0.368 e. The van der Waals surface area contributed by atoms with E-state index in [9.17, 15) is 9.59 Å². The quantitative estimate of drug-likeness (QED) is 0.892. The fraction of sp³-hybridized carbons (Fsp3) is 0.400. The molecule has 1 aromatic carbocycles. The van der Waals surface area contributed by atoms with Crippen molar-refractivity contribution in [1.82, 2.24) is 19.8 Å². The smallest absolute Gasteiger partial charge is 0.272 e. The molecule has 0 spiro atoms. The fourth-order valence-corrected chi connectivity index (χ4v) is 3.42. The summed E-state index contributed by atoms with van der Waals surface area (Å²) in [6, 6.07) is 11.5. The van der Waals surface area contributed by atoms with Crippen LogP contribution in [0, 0.1) is 6.92 Å². The summed E-state index contributed by atoms with van der Waals surface area (Å²) >= 11 is 0. The van der Waals surface area contributed by atoms with E-state index >= 15 is 0 Å². The Morgan fingerprint density at radius 1 is 1.26 bits per heavy atom. The monoisotopic (exact) mass is 367 g/mol. The molecule has 2 amide bonds. The molecule has 0 aliphatic carbocycles. The number of nitrogen functional groups attached to an aromatic ring is 1. The highest BCUT2D eigenvalue weighted by Gasteiger charge is 2.31. The Morgan fingerprint density at radius 2 is 2.00 bits per heavy atom. The third kappa shape index (κ3) is 4.42. The molecule has 1 fully saturated rings. The normalized spacial score (nSPS) is 17.7. The molecule has 2 heterocycles. The van der Waals surface area contributed by atoms with Crippen LogP contribution in [0.2, 0.25) is 0 Å². The zero-order valence-electron chi connectivity index (χ0n) is 15.8. The van der Waals surface area contributed by atoms with Crippen LogP contribution >= 0.6 is 0 Å². The van der Waals surface area contributed by atoms with Gasteiger partial charge in [0.25, 0.3) is 5.91 Å². The number of hydrogen-bond donors (Lipinski definition) is 1. The van der Waals surface area contributed by atoms with E-state index in [2.05, 4.69) is 9.97 Å². The van der Waals surface area contributed by atoms with E-state index in [4.69, 9.17) is 5.73 Å². The van der Waals surface area contributed by atoms with Gasteiger partial charge in [-0.15, -0.1) is 0 Å². The van der Waals surface area contributed by atoms with E-state index in [1.54, 1.807) is 17.9 Å². The third-order valence-electron chi connectivity index (χ3n) is 4.83. The minimum absolute atomic E-state index is 0.0376. The predicted octanol–water partition coefficient (Wildman–Crippen LogP) is 2.02. The standard InChI is InChI=1S/C20H25N5O2/c1-3-16-13-24(19(27)17-11-14(2)22-20(21)23-17)10-9-18(26)25(16)12-15-7-5-4-6-8-15/h4-8,11,16H,3,9-10,12-13H2,1-2H3,(H2,21,22,23)/t16-/m1/s1. The van der Waals surface area contributed by atoms with E-state index in [0.29, 0.717) is 31.7 Å². The number of amides is 2. The van der Waals surface area contributed by atoms with E-state index in [1.165, 1.54) is 0 Å². The molecular weight excluding hydrogens is 342 g/mol. The van der Waals surface area contributed by atoms with Gasteiger partial charge in [0.2, 0.25) is 11.9 Å². The van der Waals surface area contributed by atoms with E-state index < -0.39 is 0 Å². The van der Waals surface area contributed by atoms with E-state index in [0.717, 1.165) is 12.0 Å². The number of nitrogens with zero attached hydrogens (tertiary/aromatic N) is 4. The van der Waals surface area contributed by atoms with Crippen molar-refractivity contribution in [3.05, 3.63) is 53.3 Å². The van der Waals surface area contributed by atoms with Crippen LogP contribution in [0.5, 0.6) is 0 Å². The van der Waals surface area contributed by atoms with Gasteiger partial charge >= 0.3 is 0 Å². The maximum atomic E-state index is 12.9. The van der Waals surface area contributed by atoms with E-state index in [-0.39, 0.29) is 29.5 Å². The van der Waals surface area contributed by atoms with Gasteiger partial charge in [-0.05, 0) is 25.0 Å². The maximum Gasteiger partial charge on any atom is 0.272 e. The van der Waals surface area contributed by atoms with Gasteiger partial charge in [-0.3, -0.25) is 9.59 Å². The van der Waals surface area contributed by atoms with Gasteiger partial charge < -0.3 is 15.5 Å². The molecule has 0 radical (unpaired) electrons. The predicted molar refractivity (Wildman–Crippen MR) is 103 cm³/mol. The molecule has 0 saturated carbocycles. The van der Waals surface area contributed by atoms with Crippen LogP contribution in [0.1, 0.15) is 41.5 Å². The molecule has 27 heavy (non-hydrogen) atoms. The summed E-state index contributed by atoms with van der Waals surface area (Å²) in [5, 5.41) is 0. The van der Waals surface area contributed by atoms with Crippen molar-refractivity contribution in [2.45, 2.75) is 39.3 Å². The van der Waals surface area contributed by atoms with Crippen molar-refractivity contribution in [2.24, 2.45) is 0 Å². The van der Waals surface area contributed by atoms with Crippen molar-refractivity contribution >= 4 is 17.8 Å². The molecule has 2 aromatic rings. The zero-order valence-corrected chi connectivity index (χ0v) is 15.8. The van der Waals surface area contributed by atoms with Crippen LogP contribution < -0.4 is 5.73 Å². The van der Waals surface area contributed by atoms with Crippen molar-refractivity contribution in [1.29, 1.82) is 0 Å². The minimum atomic E-state index is -0.208. The van der Waals surface area contributed by atoms with E-state index in [1.807, 2.05) is 42.2 Å². The molecule has 1 aliphatic heterocycles. The Kier molecular flexibility index (Phi) is 5.69.